The maximum atomic E-state index is 11.9. The molecule has 2 N–H and O–H groups in total. The monoisotopic (exact) mass is 332 g/mol. The van der Waals surface area contributed by atoms with Gasteiger partial charge in [-0.15, -0.1) is 0 Å². The molecule has 23 heavy (non-hydrogen) atoms. The molecule has 0 heterocycles. The lowest BCUT2D eigenvalue weighted by atomic mass is 10.3. The van der Waals surface area contributed by atoms with E-state index >= 15 is 0 Å². The minimum absolute atomic E-state index is 0.115. The van der Waals surface area contributed by atoms with E-state index in [4.69, 9.17) is 16.3 Å². The van der Waals surface area contributed by atoms with Gasteiger partial charge in [0.25, 0.3) is 0 Å². The molecule has 5 heteroatoms. The largest absolute Gasteiger partial charge is 0.494 e. The molecule has 1 amide bonds. The Balaban J connectivity index is 1.76. The number of carbonyl (C=O) groups is 1. The predicted octanol–water partition coefficient (Wildman–Crippen LogP) is 4.57. The Bertz CT molecular complexity index is 612. The summed E-state index contributed by atoms with van der Waals surface area (Å²) in [5.74, 6) is 0.727. The molecule has 2 rings (SSSR count). The van der Waals surface area contributed by atoms with Gasteiger partial charge in [-0.3, -0.25) is 4.79 Å². The fourth-order valence-electron chi connectivity index (χ4n) is 1.92. The van der Waals surface area contributed by atoms with Crippen LogP contribution in [0.15, 0.2) is 48.5 Å². The molecule has 0 unspecified atom stereocenters. The lowest BCUT2D eigenvalue weighted by Gasteiger charge is -2.09. The quantitative estimate of drug-likeness (QED) is 0.696. The number of halogens is 1. The topological polar surface area (TPSA) is 50.4 Å². The summed E-state index contributed by atoms with van der Waals surface area (Å²) < 4.78 is 5.60. The summed E-state index contributed by atoms with van der Waals surface area (Å²) in [4.78, 5) is 11.9. The zero-order valence-corrected chi connectivity index (χ0v) is 13.9. The molecular formula is C18H21ClN2O2. The van der Waals surface area contributed by atoms with E-state index in [0.717, 1.165) is 36.6 Å². The zero-order valence-electron chi connectivity index (χ0n) is 13.1. The zero-order chi connectivity index (χ0) is 16.5. The van der Waals surface area contributed by atoms with Crippen molar-refractivity contribution >= 4 is 28.9 Å². The van der Waals surface area contributed by atoms with Crippen LogP contribution in [-0.2, 0) is 4.79 Å². The summed E-state index contributed by atoms with van der Waals surface area (Å²) in [6.45, 7) is 3.05. The third-order valence-electron chi connectivity index (χ3n) is 3.20. The Morgan fingerprint density at radius 1 is 1.04 bits per heavy atom. The van der Waals surface area contributed by atoms with Crippen LogP contribution in [0.5, 0.6) is 5.75 Å². The molecule has 0 aliphatic rings. The van der Waals surface area contributed by atoms with Crippen LogP contribution < -0.4 is 15.4 Å². The highest BCUT2D eigenvalue weighted by Crippen LogP contribution is 2.16. The molecule has 2 aromatic carbocycles. The maximum absolute atomic E-state index is 11.9. The number of unbranched alkanes of at least 4 members (excludes halogenated alkanes) is 1. The smallest absolute Gasteiger partial charge is 0.243 e. The average Bonchev–Trinajstić information content (AvgIpc) is 2.56. The van der Waals surface area contributed by atoms with Crippen LogP contribution in [0, 0.1) is 0 Å². The number of amides is 1. The first-order valence-corrected chi connectivity index (χ1v) is 8.07. The second-order valence-corrected chi connectivity index (χ2v) is 5.57. The number of rotatable bonds is 8. The molecule has 122 valence electrons. The second kappa shape index (κ2) is 9.06. The van der Waals surface area contributed by atoms with Crippen molar-refractivity contribution in [2.24, 2.45) is 0 Å². The number of hydrogen-bond donors (Lipinski definition) is 2. The molecule has 0 aromatic heterocycles. The van der Waals surface area contributed by atoms with Crippen LogP contribution in [0.4, 0.5) is 11.4 Å². The molecular weight excluding hydrogens is 312 g/mol. The third-order valence-corrected chi connectivity index (χ3v) is 3.45. The Kier molecular flexibility index (Phi) is 6.76. The van der Waals surface area contributed by atoms with Crippen LogP contribution >= 0.6 is 11.6 Å². The lowest BCUT2D eigenvalue weighted by Crippen LogP contribution is -2.21. The van der Waals surface area contributed by atoms with E-state index in [2.05, 4.69) is 17.6 Å². The second-order valence-electron chi connectivity index (χ2n) is 5.14. The van der Waals surface area contributed by atoms with Gasteiger partial charge in [0.15, 0.2) is 0 Å². The first kappa shape index (κ1) is 17.2. The first-order chi connectivity index (χ1) is 11.2. The van der Waals surface area contributed by atoms with Gasteiger partial charge in [-0.2, -0.15) is 0 Å². The Morgan fingerprint density at radius 2 is 1.70 bits per heavy atom. The molecule has 0 fully saturated rings. The highest BCUT2D eigenvalue weighted by Gasteiger charge is 2.02. The van der Waals surface area contributed by atoms with Gasteiger partial charge in [-0.05, 0) is 55.0 Å². The van der Waals surface area contributed by atoms with Gasteiger partial charge in [0.1, 0.15) is 5.75 Å². The van der Waals surface area contributed by atoms with E-state index in [9.17, 15) is 4.79 Å². The van der Waals surface area contributed by atoms with Crippen LogP contribution in [0.3, 0.4) is 0 Å². The van der Waals surface area contributed by atoms with Crippen LogP contribution in [-0.4, -0.2) is 19.1 Å². The molecule has 0 atom stereocenters. The highest BCUT2D eigenvalue weighted by molar-refractivity contribution is 6.30. The third kappa shape index (κ3) is 6.20. The number of nitrogens with one attached hydrogen (secondary N) is 2. The van der Waals surface area contributed by atoms with Gasteiger partial charge in [-0.1, -0.05) is 24.9 Å². The summed E-state index contributed by atoms with van der Waals surface area (Å²) in [6, 6.07) is 14.6. The van der Waals surface area contributed by atoms with Crippen LogP contribution in [0.2, 0.25) is 5.02 Å². The van der Waals surface area contributed by atoms with Crippen molar-refractivity contribution in [3.8, 4) is 5.75 Å². The van der Waals surface area contributed by atoms with Crippen LogP contribution in [0.25, 0.3) is 0 Å². The van der Waals surface area contributed by atoms with Gasteiger partial charge in [0, 0.05) is 16.4 Å². The van der Waals surface area contributed by atoms with Crippen molar-refractivity contribution in [3.05, 3.63) is 53.6 Å². The van der Waals surface area contributed by atoms with Crippen molar-refractivity contribution in [1.29, 1.82) is 0 Å². The van der Waals surface area contributed by atoms with E-state index in [1.807, 2.05) is 24.3 Å². The fraction of sp³-hybridized carbons (Fsp3) is 0.278. The van der Waals surface area contributed by atoms with Gasteiger partial charge >= 0.3 is 0 Å². The maximum Gasteiger partial charge on any atom is 0.243 e. The van der Waals surface area contributed by atoms with Crippen molar-refractivity contribution < 1.29 is 9.53 Å². The summed E-state index contributed by atoms with van der Waals surface area (Å²) in [6.07, 6.45) is 2.16. The molecule has 0 aliphatic heterocycles. The van der Waals surface area contributed by atoms with Crippen molar-refractivity contribution in [2.45, 2.75) is 19.8 Å². The normalized spacial score (nSPS) is 10.2. The summed E-state index contributed by atoms with van der Waals surface area (Å²) >= 11 is 5.81. The molecule has 0 saturated carbocycles. The molecule has 0 saturated heterocycles. The van der Waals surface area contributed by atoms with E-state index in [-0.39, 0.29) is 12.5 Å². The van der Waals surface area contributed by atoms with Crippen molar-refractivity contribution in [2.75, 3.05) is 23.8 Å². The van der Waals surface area contributed by atoms with E-state index in [1.54, 1.807) is 24.3 Å². The predicted molar refractivity (Wildman–Crippen MR) is 95.4 cm³/mol. The van der Waals surface area contributed by atoms with Gasteiger partial charge < -0.3 is 15.4 Å². The Morgan fingerprint density at radius 3 is 2.35 bits per heavy atom. The summed E-state index contributed by atoms with van der Waals surface area (Å²) in [5, 5.41) is 6.52. The van der Waals surface area contributed by atoms with Crippen molar-refractivity contribution in [3.63, 3.8) is 0 Å². The molecule has 2 aromatic rings. The first-order valence-electron chi connectivity index (χ1n) is 7.69. The van der Waals surface area contributed by atoms with Crippen molar-refractivity contribution in [1.82, 2.24) is 0 Å². The molecule has 0 radical (unpaired) electrons. The minimum atomic E-state index is -0.115. The molecule has 0 aliphatic carbocycles. The standard InChI is InChI=1S/C18H21ClN2O2/c1-2-3-12-23-17-10-8-15(9-11-17)20-13-18(22)21-16-6-4-14(19)5-7-16/h4-11,20H,2-3,12-13H2,1H3,(H,21,22). The van der Waals surface area contributed by atoms with E-state index < -0.39 is 0 Å². The van der Waals surface area contributed by atoms with E-state index in [0.29, 0.717) is 5.02 Å². The summed E-state index contributed by atoms with van der Waals surface area (Å²) in [5.41, 5.74) is 1.60. The Labute approximate surface area is 141 Å². The fourth-order valence-corrected chi connectivity index (χ4v) is 2.05. The Hall–Kier alpha value is -2.20. The lowest BCUT2D eigenvalue weighted by molar-refractivity contribution is -0.114. The minimum Gasteiger partial charge on any atom is -0.494 e. The number of ether oxygens (including phenoxy) is 1. The average molecular weight is 333 g/mol. The van der Waals surface area contributed by atoms with E-state index in [1.165, 1.54) is 0 Å². The van der Waals surface area contributed by atoms with Gasteiger partial charge in [0.2, 0.25) is 5.91 Å². The van der Waals surface area contributed by atoms with Gasteiger partial charge in [-0.25, -0.2) is 0 Å². The molecule has 4 nitrogen and oxygen atoms in total. The molecule has 0 bridgehead atoms. The number of hydrogen-bond acceptors (Lipinski definition) is 3. The number of carbonyl (C=O) groups excluding carboxylic acids is 1. The van der Waals surface area contributed by atoms with Crippen LogP contribution in [0.1, 0.15) is 19.8 Å². The number of benzene rings is 2. The van der Waals surface area contributed by atoms with Gasteiger partial charge in [0.05, 0.1) is 13.2 Å². The summed E-state index contributed by atoms with van der Waals surface area (Å²) in [7, 11) is 0. The SMILES string of the molecule is CCCCOc1ccc(NCC(=O)Nc2ccc(Cl)cc2)cc1. The molecule has 0 spiro atoms. The number of anilines is 2. The highest BCUT2D eigenvalue weighted by atomic mass is 35.5.